The Labute approximate surface area is 135 Å². The molecule has 1 aliphatic rings. The Balaban J connectivity index is 1.95. The number of rotatable bonds is 7. The van der Waals surface area contributed by atoms with Crippen LogP contribution in [0.2, 0.25) is 0 Å². The fourth-order valence-electron chi connectivity index (χ4n) is 2.37. The second kappa shape index (κ2) is 8.08. The predicted molar refractivity (Wildman–Crippen MR) is 85.8 cm³/mol. The van der Waals surface area contributed by atoms with E-state index in [0.29, 0.717) is 31.7 Å². The summed E-state index contributed by atoms with van der Waals surface area (Å²) in [5.41, 5.74) is 1.08. The van der Waals surface area contributed by atoms with Crippen molar-refractivity contribution < 1.29 is 19.1 Å². The van der Waals surface area contributed by atoms with E-state index in [9.17, 15) is 9.59 Å². The molecule has 1 unspecified atom stereocenters. The standard InChI is InChI=1S/C16H21NO4S/c1-3-21-15(19)5-4-10-17-14(18)11-22-16(17)12-6-8-13(20-2)9-7-12/h6-9,16H,3-5,10-11H2,1-2H3. The normalized spacial score (nSPS) is 17.6. The summed E-state index contributed by atoms with van der Waals surface area (Å²) < 4.78 is 10.1. The zero-order chi connectivity index (χ0) is 15.9. The lowest BCUT2D eigenvalue weighted by atomic mass is 10.2. The molecule has 5 nitrogen and oxygen atoms in total. The molecule has 1 fully saturated rings. The van der Waals surface area contributed by atoms with Crippen molar-refractivity contribution in [1.82, 2.24) is 4.90 Å². The number of benzene rings is 1. The average Bonchev–Trinajstić information content (AvgIpc) is 2.89. The molecule has 1 aromatic rings. The first kappa shape index (κ1) is 16.7. The van der Waals surface area contributed by atoms with Crippen LogP contribution in [0.4, 0.5) is 0 Å². The summed E-state index contributed by atoms with van der Waals surface area (Å²) in [6.07, 6.45) is 0.968. The molecule has 1 atom stereocenters. The van der Waals surface area contributed by atoms with Crippen LogP contribution >= 0.6 is 11.8 Å². The molecule has 1 heterocycles. The molecule has 6 heteroatoms. The lowest BCUT2D eigenvalue weighted by Gasteiger charge is -2.24. The van der Waals surface area contributed by atoms with Gasteiger partial charge in [-0.05, 0) is 31.0 Å². The van der Waals surface area contributed by atoms with E-state index in [1.165, 1.54) is 0 Å². The number of carbonyl (C=O) groups is 2. The zero-order valence-corrected chi connectivity index (χ0v) is 13.7. The molecule has 2 rings (SSSR count). The van der Waals surface area contributed by atoms with Crippen LogP contribution in [0.3, 0.4) is 0 Å². The van der Waals surface area contributed by atoms with Gasteiger partial charge in [-0.3, -0.25) is 9.59 Å². The molecular formula is C16H21NO4S. The molecule has 1 amide bonds. The second-order valence-corrected chi connectivity index (χ2v) is 6.00. The van der Waals surface area contributed by atoms with E-state index in [-0.39, 0.29) is 17.3 Å². The molecule has 0 aliphatic carbocycles. The number of carbonyl (C=O) groups excluding carboxylic acids is 2. The number of amides is 1. The monoisotopic (exact) mass is 323 g/mol. The molecular weight excluding hydrogens is 302 g/mol. The molecule has 1 aromatic carbocycles. The van der Waals surface area contributed by atoms with E-state index >= 15 is 0 Å². The molecule has 0 spiro atoms. The van der Waals surface area contributed by atoms with Gasteiger partial charge in [-0.15, -0.1) is 11.8 Å². The largest absolute Gasteiger partial charge is 0.497 e. The van der Waals surface area contributed by atoms with Crippen LogP contribution in [-0.4, -0.2) is 42.8 Å². The van der Waals surface area contributed by atoms with E-state index in [1.54, 1.807) is 25.8 Å². The van der Waals surface area contributed by atoms with Crippen LogP contribution in [0.5, 0.6) is 5.75 Å². The van der Waals surface area contributed by atoms with Crippen LogP contribution in [0.1, 0.15) is 30.7 Å². The highest BCUT2D eigenvalue weighted by Crippen LogP contribution is 2.39. The van der Waals surface area contributed by atoms with Gasteiger partial charge in [-0.25, -0.2) is 0 Å². The topological polar surface area (TPSA) is 55.8 Å². The van der Waals surface area contributed by atoms with Gasteiger partial charge in [-0.1, -0.05) is 12.1 Å². The maximum absolute atomic E-state index is 12.0. The maximum atomic E-state index is 12.0. The van der Waals surface area contributed by atoms with E-state index in [0.717, 1.165) is 11.3 Å². The van der Waals surface area contributed by atoms with Gasteiger partial charge < -0.3 is 14.4 Å². The van der Waals surface area contributed by atoms with Gasteiger partial charge in [0.1, 0.15) is 11.1 Å². The van der Waals surface area contributed by atoms with Crippen LogP contribution in [0, 0.1) is 0 Å². The van der Waals surface area contributed by atoms with Gasteiger partial charge in [0.05, 0.1) is 19.5 Å². The second-order valence-electron chi connectivity index (χ2n) is 4.93. The van der Waals surface area contributed by atoms with Gasteiger partial charge in [-0.2, -0.15) is 0 Å². The Morgan fingerprint density at radius 1 is 1.36 bits per heavy atom. The third-order valence-electron chi connectivity index (χ3n) is 3.45. The SMILES string of the molecule is CCOC(=O)CCCN1C(=O)CSC1c1ccc(OC)cc1. The van der Waals surface area contributed by atoms with E-state index < -0.39 is 0 Å². The van der Waals surface area contributed by atoms with Crippen LogP contribution in [0.25, 0.3) is 0 Å². The van der Waals surface area contributed by atoms with Crippen LogP contribution in [-0.2, 0) is 14.3 Å². The number of methoxy groups -OCH3 is 1. The number of nitrogens with zero attached hydrogens (tertiary/aromatic N) is 1. The van der Waals surface area contributed by atoms with Crippen molar-refractivity contribution in [3.8, 4) is 5.75 Å². The number of thioether (sulfide) groups is 1. The van der Waals surface area contributed by atoms with Crippen molar-refractivity contribution in [3.05, 3.63) is 29.8 Å². The van der Waals surface area contributed by atoms with Crippen molar-refractivity contribution in [2.75, 3.05) is 26.0 Å². The summed E-state index contributed by atoms with van der Waals surface area (Å²) in [7, 11) is 1.63. The summed E-state index contributed by atoms with van der Waals surface area (Å²) in [5, 5.41) is 0.0144. The number of esters is 1. The summed E-state index contributed by atoms with van der Waals surface area (Å²) >= 11 is 1.61. The smallest absolute Gasteiger partial charge is 0.305 e. The minimum Gasteiger partial charge on any atom is -0.497 e. The maximum Gasteiger partial charge on any atom is 0.305 e. The molecule has 120 valence electrons. The third kappa shape index (κ3) is 4.16. The molecule has 0 aromatic heterocycles. The first-order valence-corrected chi connectivity index (χ1v) is 8.41. The van der Waals surface area contributed by atoms with Crippen molar-refractivity contribution >= 4 is 23.6 Å². The zero-order valence-electron chi connectivity index (χ0n) is 12.9. The molecule has 0 N–H and O–H groups in total. The molecule has 0 bridgehead atoms. The van der Waals surface area contributed by atoms with Crippen molar-refractivity contribution in [3.63, 3.8) is 0 Å². The molecule has 0 saturated carbocycles. The lowest BCUT2D eigenvalue weighted by molar-refractivity contribution is -0.143. The van der Waals surface area contributed by atoms with E-state index in [2.05, 4.69) is 0 Å². The molecule has 1 saturated heterocycles. The molecule has 1 aliphatic heterocycles. The van der Waals surface area contributed by atoms with Gasteiger partial charge in [0, 0.05) is 13.0 Å². The summed E-state index contributed by atoms with van der Waals surface area (Å²) in [6, 6.07) is 7.76. The fourth-order valence-corrected chi connectivity index (χ4v) is 3.59. The fraction of sp³-hybridized carbons (Fsp3) is 0.500. The Morgan fingerprint density at radius 3 is 2.73 bits per heavy atom. The average molecular weight is 323 g/mol. The number of hydrogen-bond acceptors (Lipinski definition) is 5. The van der Waals surface area contributed by atoms with E-state index in [1.807, 2.05) is 29.2 Å². The molecule has 22 heavy (non-hydrogen) atoms. The van der Waals surface area contributed by atoms with Crippen molar-refractivity contribution in [2.45, 2.75) is 25.1 Å². The van der Waals surface area contributed by atoms with Crippen LogP contribution in [0.15, 0.2) is 24.3 Å². The highest BCUT2D eigenvalue weighted by atomic mass is 32.2. The quantitative estimate of drug-likeness (QED) is 0.722. The summed E-state index contributed by atoms with van der Waals surface area (Å²) in [6.45, 7) is 2.76. The summed E-state index contributed by atoms with van der Waals surface area (Å²) in [4.78, 5) is 25.3. The Hall–Kier alpha value is -1.69. The van der Waals surface area contributed by atoms with Crippen molar-refractivity contribution in [1.29, 1.82) is 0 Å². The predicted octanol–water partition coefficient (Wildman–Crippen LogP) is 2.61. The number of hydrogen-bond donors (Lipinski definition) is 0. The Kier molecular flexibility index (Phi) is 6.12. The Morgan fingerprint density at radius 2 is 2.09 bits per heavy atom. The highest BCUT2D eigenvalue weighted by Gasteiger charge is 2.32. The van der Waals surface area contributed by atoms with Gasteiger partial charge in [0.25, 0.3) is 0 Å². The Bertz CT molecular complexity index is 517. The van der Waals surface area contributed by atoms with Gasteiger partial charge in [0.15, 0.2) is 0 Å². The molecule has 0 radical (unpaired) electrons. The first-order valence-electron chi connectivity index (χ1n) is 7.36. The third-order valence-corrected chi connectivity index (χ3v) is 4.71. The number of ether oxygens (including phenoxy) is 2. The van der Waals surface area contributed by atoms with Crippen LogP contribution < -0.4 is 4.74 Å². The van der Waals surface area contributed by atoms with E-state index in [4.69, 9.17) is 9.47 Å². The van der Waals surface area contributed by atoms with Gasteiger partial charge >= 0.3 is 5.97 Å². The minimum atomic E-state index is -0.206. The first-order chi connectivity index (χ1) is 10.7. The highest BCUT2D eigenvalue weighted by molar-refractivity contribution is 8.00. The minimum absolute atomic E-state index is 0.0144. The lowest BCUT2D eigenvalue weighted by Crippen LogP contribution is -2.29. The van der Waals surface area contributed by atoms with Crippen molar-refractivity contribution in [2.24, 2.45) is 0 Å². The summed E-state index contributed by atoms with van der Waals surface area (Å²) in [5.74, 6) is 1.19. The van der Waals surface area contributed by atoms with Gasteiger partial charge in [0.2, 0.25) is 5.91 Å².